The van der Waals surface area contributed by atoms with Crippen LogP contribution in [-0.4, -0.2) is 62.2 Å². The Bertz CT molecular complexity index is 240. The standard InChI is InChI=1S/C15H31N3/c1-4-16-15-8-6-5-7-13(15)11-18-10-9-14(12-18)17(2)3/h13-16H,4-12H2,1-3H3. The molecule has 3 heteroatoms. The Morgan fingerprint density at radius 3 is 2.61 bits per heavy atom. The molecule has 0 aromatic heterocycles. The van der Waals surface area contributed by atoms with Crippen LogP contribution in [-0.2, 0) is 0 Å². The normalized spacial score (nSPS) is 34.3. The minimum absolute atomic E-state index is 0.780. The highest BCUT2D eigenvalue weighted by molar-refractivity contribution is 4.87. The maximum atomic E-state index is 3.71. The van der Waals surface area contributed by atoms with Crippen molar-refractivity contribution in [2.45, 2.75) is 51.1 Å². The van der Waals surface area contributed by atoms with Crippen LogP contribution in [0, 0.1) is 5.92 Å². The van der Waals surface area contributed by atoms with Gasteiger partial charge >= 0.3 is 0 Å². The van der Waals surface area contributed by atoms with Gasteiger partial charge in [0, 0.05) is 25.2 Å². The smallest absolute Gasteiger partial charge is 0.0229 e. The molecule has 0 amide bonds. The molecule has 1 N–H and O–H groups in total. The van der Waals surface area contributed by atoms with E-state index in [1.54, 1.807) is 0 Å². The van der Waals surface area contributed by atoms with Gasteiger partial charge in [0.1, 0.15) is 0 Å². The summed E-state index contributed by atoms with van der Waals surface area (Å²) < 4.78 is 0. The molecule has 1 heterocycles. The molecule has 0 radical (unpaired) electrons. The van der Waals surface area contributed by atoms with Gasteiger partial charge in [0.15, 0.2) is 0 Å². The van der Waals surface area contributed by atoms with Crippen molar-refractivity contribution in [3.05, 3.63) is 0 Å². The van der Waals surface area contributed by atoms with E-state index in [2.05, 4.69) is 36.1 Å². The molecule has 2 aliphatic rings. The van der Waals surface area contributed by atoms with Crippen molar-refractivity contribution in [1.82, 2.24) is 15.1 Å². The molecule has 2 fully saturated rings. The molecular weight excluding hydrogens is 222 g/mol. The first-order valence-electron chi connectivity index (χ1n) is 7.83. The highest BCUT2D eigenvalue weighted by atomic mass is 15.2. The molecule has 0 aromatic rings. The summed E-state index contributed by atoms with van der Waals surface area (Å²) >= 11 is 0. The summed E-state index contributed by atoms with van der Waals surface area (Å²) in [6.07, 6.45) is 7.04. The van der Waals surface area contributed by atoms with Crippen LogP contribution in [0.1, 0.15) is 39.0 Å². The van der Waals surface area contributed by atoms with Crippen LogP contribution in [0.15, 0.2) is 0 Å². The lowest BCUT2D eigenvalue weighted by Gasteiger charge is -2.35. The number of nitrogens with one attached hydrogen (secondary N) is 1. The summed E-state index contributed by atoms with van der Waals surface area (Å²) in [6, 6.07) is 1.56. The maximum absolute atomic E-state index is 3.71. The molecule has 2 rings (SSSR count). The van der Waals surface area contributed by atoms with E-state index < -0.39 is 0 Å². The van der Waals surface area contributed by atoms with Crippen LogP contribution in [0.4, 0.5) is 0 Å². The summed E-state index contributed by atoms with van der Waals surface area (Å²) in [7, 11) is 4.44. The fourth-order valence-corrected chi connectivity index (χ4v) is 3.69. The third-order valence-electron chi connectivity index (χ3n) is 4.85. The van der Waals surface area contributed by atoms with E-state index in [0.29, 0.717) is 0 Å². The Kier molecular flexibility index (Phi) is 5.46. The van der Waals surface area contributed by atoms with Gasteiger partial charge < -0.3 is 15.1 Å². The molecule has 3 nitrogen and oxygen atoms in total. The van der Waals surface area contributed by atoms with Crippen molar-refractivity contribution in [3.8, 4) is 0 Å². The van der Waals surface area contributed by atoms with Gasteiger partial charge in [-0.05, 0) is 52.4 Å². The van der Waals surface area contributed by atoms with E-state index in [4.69, 9.17) is 0 Å². The summed E-state index contributed by atoms with van der Waals surface area (Å²) in [5, 5.41) is 3.71. The summed E-state index contributed by atoms with van der Waals surface area (Å²) in [4.78, 5) is 5.09. The van der Waals surface area contributed by atoms with Gasteiger partial charge in [-0.3, -0.25) is 0 Å². The van der Waals surface area contributed by atoms with E-state index in [-0.39, 0.29) is 0 Å². The summed E-state index contributed by atoms with van der Waals surface area (Å²) in [5.41, 5.74) is 0. The summed E-state index contributed by atoms with van der Waals surface area (Å²) in [5.74, 6) is 0.889. The highest BCUT2D eigenvalue weighted by Crippen LogP contribution is 2.26. The molecule has 1 saturated heterocycles. The van der Waals surface area contributed by atoms with Gasteiger partial charge in [0.05, 0.1) is 0 Å². The zero-order valence-corrected chi connectivity index (χ0v) is 12.5. The monoisotopic (exact) mass is 253 g/mol. The van der Waals surface area contributed by atoms with Gasteiger partial charge in [0.25, 0.3) is 0 Å². The third-order valence-corrected chi connectivity index (χ3v) is 4.85. The Hall–Kier alpha value is -0.120. The Morgan fingerprint density at radius 1 is 1.17 bits per heavy atom. The molecule has 3 unspecified atom stereocenters. The topological polar surface area (TPSA) is 18.5 Å². The van der Waals surface area contributed by atoms with Crippen molar-refractivity contribution in [3.63, 3.8) is 0 Å². The Morgan fingerprint density at radius 2 is 1.94 bits per heavy atom. The molecular formula is C15H31N3. The van der Waals surface area contributed by atoms with Gasteiger partial charge in [-0.15, -0.1) is 0 Å². The summed E-state index contributed by atoms with van der Waals surface area (Å²) in [6.45, 7) is 7.27. The largest absolute Gasteiger partial charge is 0.314 e. The minimum atomic E-state index is 0.780. The van der Waals surface area contributed by atoms with Crippen molar-refractivity contribution in [2.24, 2.45) is 5.92 Å². The zero-order chi connectivity index (χ0) is 13.0. The van der Waals surface area contributed by atoms with E-state index in [9.17, 15) is 0 Å². The number of hydrogen-bond acceptors (Lipinski definition) is 3. The van der Waals surface area contributed by atoms with Gasteiger partial charge in [-0.25, -0.2) is 0 Å². The SMILES string of the molecule is CCNC1CCCCC1CN1CCC(N(C)C)C1. The Labute approximate surface area is 113 Å². The lowest BCUT2D eigenvalue weighted by molar-refractivity contribution is 0.181. The van der Waals surface area contributed by atoms with Gasteiger partial charge in [-0.2, -0.15) is 0 Å². The van der Waals surface area contributed by atoms with Crippen molar-refractivity contribution >= 4 is 0 Å². The van der Waals surface area contributed by atoms with E-state index >= 15 is 0 Å². The first-order valence-corrected chi connectivity index (χ1v) is 7.83. The molecule has 1 aliphatic carbocycles. The third kappa shape index (κ3) is 3.69. The minimum Gasteiger partial charge on any atom is -0.314 e. The number of likely N-dealkylation sites (tertiary alicyclic amines) is 1. The highest BCUT2D eigenvalue weighted by Gasteiger charge is 2.30. The fraction of sp³-hybridized carbons (Fsp3) is 1.00. The first kappa shape index (κ1) is 14.3. The molecule has 1 aliphatic heterocycles. The second-order valence-corrected chi connectivity index (χ2v) is 6.37. The van der Waals surface area contributed by atoms with E-state index in [1.165, 1.54) is 51.7 Å². The maximum Gasteiger partial charge on any atom is 0.0229 e. The van der Waals surface area contributed by atoms with Crippen LogP contribution in [0.5, 0.6) is 0 Å². The quantitative estimate of drug-likeness (QED) is 0.806. The van der Waals surface area contributed by atoms with Gasteiger partial charge in [-0.1, -0.05) is 19.8 Å². The van der Waals surface area contributed by atoms with Crippen molar-refractivity contribution in [1.29, 1.82) is 0 Å². The van der Waals surface area contributed by atoms with Gasteiger partial charge in [0.2, 0.25) is 0 Å². The van der Waals surface area contributed by atoms with Crippen LogP contribution < -0.4 is 5.32 Å². The molecule has 3 atom stereocenters. The average Bonchev–Trinajstić information content (AvgIpc) is 2.81. The van der Waals surface area contributed by atoms with Crippen LogP contribution in [0.2, 0.25) is 0 Å². The molecule has 106 valence electrons. The van der Waals surface area contributed by atoms with Crippen LogP contribution in [0.3, 0.4) is 0 Å². The predicted octanol–water partition coefficient (Wildman–Crippen LogP) is 1.79. The fourth-order valence-electron chi connectivity index (χ4n) is 3.69. The zero-order valence-electron chi connectivity index (χ0n) is 12.5. The molecule has 0 bridgehead atoms. The second-order valence-electron chi connectivity index (χ2n) is 6.37. The lowest BCUT2D eigenvalue weighted by Crippen LogP contribution is -2.44. The molecule has 0 spiro atoms. The molecule has 1 saturated carbocycles. The molecule has 18 heavy (non-hydrogen) atoms. The average molecular weight is 253 g/mol. The predicted molar refractivity (Wildman–Crippen MR) is 78.0 cm³/mol. The number of hydrogen-bond donors (Lipinski definition) is 1. The first-order chi connectivity index (χ1) is 8.70. The number of rotatable bonds is 5. The number of nitrogens with zero attached hydrogens (tertiary/aromatic N) is 2. The van der Waals surface area contributed by atoms with E-state index in [1.807, 2.05) is 0 Å². The van der Waals surface area contributed by atoms with Crippen LogP contribution in [0.25, 0.3) is 0 Å². The number of likely N-dealkylation sites (N-methyl/N-ethyl adjacent to an activating group) is 1. The van der Waals surface area contributed by atoms with Crippen molar-refractivity contribution in [2.75, 3.05) is 40.3 Å². The molecule has 0 aromatic carbocycles. The van der Waals surface area contributed by atoms with E-state index in [0.717, 1.165) is 24.5 Å². The second kappa shape index (κ2) is 6.88. The van der Waals surface area contributed by atoms with Crippen molar-refractivity contribution < 1.29 is 0 Å². The Balaban J connectivity index is 1.80. The lowest BCUT2D eigenvalue weighted by atomic mass is 9.84. The van der Waals surface area contributed by atoms with Crippen LogP contribution >= 0.6 is 0 Å².